The fourth-order valence-corrected chi connectivity index (χ4v) is 4.02. The van der Waals surface area contributed by atoms with Crippen LogP contribution in [0.5, 0.6) is 0 Å². The van der Waals surface area contributed by atoms with Gasteiger partial charge in [0.15, 0.2) is 0 Å². The highest BCUT2D eigenvalue weighted by atomic mass is 32.2. The fraction of sp³-hybridized carbons (Fsp3) is 0.889. The van der Waals surface area contributed by atoms with Crippen LogP contribution in [0.1, 0.15) is 32.1 Å². The summed E-state index contributed by atoms with van der Waals surface area (Å²) in [6, 6.07) is -1.01. The van der Waals surface area contributed by atoms with Gasteiger partial charge in [-0.2, -0.15) is 17.4 Å². The van der Waals surface area contributed by atoms with E-state index in [9.17, 15) is 13.2 Å². The Bertz CT molecular complexity index is 375. The van der Waals surface area contributed by atoms with Crippen LogP contribution < -0.4 is 4.72 Å². The maximum atomic E-state index is 11.7. The standard InChI is InChI=1S/C9H16N2O4S/c12-9(13)8-6-11(16(14,15)10-8)7-4-2-1-3-5-7/h7-8,10H,1-6H2,(H,12,13). The quantitative estimate of drug-likeness (QED) is 0.715. The molecule has 2 aliphatic rings. The van der Waals surface area contributed by atoms with Crippen LogP contribution >= 0.6 is 0 Å². The molecule has 0 amide bonds. The van der Waals surface area contributed by atoms with Crippen molar-refractivity contribution in [3.05, 3.63) is 0 Å². The van der Waals surface area contributed by atoms with Gasteiger partial charge in [0.2, 0.25) is 0 Å². The number of carboxylic acid groups (broad SMARTS) is 1. The summed E-state index contributed by atoms with van der Waals surface area (Å²) in [7, 11) is -3.58. The zero-order valence-electron chi connectivity index (χ0n) is 8.92. The molecule has 7 heteroatoms. The molecule has 2 fully saturated rings. The Kier molecular flexibility index (Phi) is 3.18. The van der Waals surface area contributed by atoms with E-state index < -0.39 is 22.2 Å². The minimum absolute atomic E-state index is 0.0180. The van der Waals surface area contributed by atoms with Crippen molar-refractivity contribution in [1.82, 2.24) is 9.03 Å². The number of nitrogens with one attached hydrogen (secondary N) is 1. The minimum Gasteiger partial charge on any atom is -0.480 e. The number of rotatable bonds is 2. The largest absolute Gasteiger partial charge is 0.480 e. The first-order valence-electron chi connectivity index (χ1n) is 5.52. The normalized spacial score (nSPS) is 31.6. The molecule has 0 radical (unpaired) electrons. The predicted octanol–water partition coefficient (Wildman–Crippen LogP) is -0.0777. The molecule has 2 rings (SSSR count). The molecular weight excluding hydrogens is 232 g/mol. The molecule has 0 aromatic heterocycles. The monoisotopic (exact) mass is 248 g/mol. The summed E-state index contributed by atoms with van der Waals surface area (Å²) in [5, 5.41) is 8.81. The average molecular weight is 248 g/mol. The molecule has 1 unspecified atom stereocenters. The van der Waals surface area contributed by atoms with E-state index >= 15 is 0 Å². The molecule has 1 aliphatic carbocycles. The zero-order chi connectivity index (χ0) is 11.8. The van der Waals surface area contributed by atoms with Gasteiger partial charge in [-0.3, -0.25) is 4.79 Å². The molecule has 6 nitrogen and oxygen atoms in total. The first-order chi connectivity index (χ1) is 7.50. The van der Waals surface area contributed by atoms with Crippen LogP contribution in [0.4, 0.5) is 0 Å². The number of aliphatic carboxylic acids is 1. The zero-order valence-corrected chi connectivity index (χ0v) is 9.74. The molecule has 0 aromatic rings. The molecular formula is C9H16N2O4S. The lowest BCUT2D eigenvalue weighted by molar-refractivity contribution is -0.138. The van der Waals surface area contributed by atoms with Gasteiger partial charge in [-0.25, -0.2) is 0 Å². The van der Waals surface area contributed by atoms with Gasteiger partial charge in [0.1, 0.15) is 6.04 Å². The van der Waals surface area contributed by atoms with Crippen LogP contribution in [0.25, 0.3) is 0 Å². The molecule has 1 saturated carbocycles. The molecule has 16 heavy (non-hydrogen) atoms. The summed E-state index contributed by atoms with van der Waals surface area (Å²) >= 11 is 0. The van der Waals surface area contributed by atoms with Gasteiger partial charge in [-0.15, -0.1) is 0 Å². The van der Waals surface area contributed by atoms with Gasteiger partial charge >= 0.3 is 5.97 Å². The third kappa shape index (κ3) is 2.21. The lowest BCUT2D eigenvalue weighted by Gasteiger charge is -2.28. The van der Waals surface area contributed by atoms with E-state index in [4.69, 9.17) is 5.11 Å². The average Bonchev–Trinajstić information content (AvgIpc) is 2.56. The van der Waals surface area contributed by atoms with Crippen molar-refractivity contribution in [2.24, 2.45) is 0 Å². The molecule has 0 spiro atoms. The summed E-state index contributed by atoms with van der Waals surface area (Å²) in [4.78, 5) is 10.8. The second-order valence-corrected chi connectivity index (χ2v) is 6.03. The Morgan fingerprint density at radius 2 is 1.88 bits per heavy atom. The number of nitrogens with zero attached hydrogens (tertiary/aromatic N) is 1. The summed E-state index contributed by atoms with van der Waals surface area (Å²) in [6.07, 6.45) is 4.86. The van der Waals surface area contributed by atoms with Crippen molar-refractivity contribution in [3.8, 4) is 0 Å². The van der Waals surface area contributed by atoms with Gasteiger partial charge in [0.25, 0.3) is 10.2 Å². The van der Waals surface area contributed by atoms with Crippen molar-refractivity contribution in [3.63, 3.8) is 0 Å². The highest BCUT2D eigenvalue weighted by molar-refractivity contribution is 7.87. The minimum atomic E-state index is -3.58. The Hall–Kier alpha value is -0.660. The fourth-order valence-electron chi connectivity index (χ4n) is 2.41. The summed E-state index contributed by atoms with van der Waals surface area (Å²) in [6.45, 7) is 0.0579. The van der Waals surface area contributed by atoms with Crippen LogP contribution in [-0.4, -0.2) is 42.4 Å². The number of hydrogen-bond donors (Lipinski definition) is 2. The first-order valence-corrected chi connectivity index (χ1v) is 6.96. The van der Waals surface area contributed by atoms with E-state index in [0.717, 1.165) is 32.1 Å². The van der Waals surface area contributed by atoms with Gasteiger partial charge < -0.3 is 5.11 Å². The molecule has 0 bridgehead atoms. The van der Waals surface area contributed by atoms with Crippen LogP contribution in [0.2, 0.25) is 0 Å². The van der Waals surface area contributed by atoms with E-state index in [2.05, 4.69) is 4.72 Å². The Morgan fingerprint density at radius 1 is 1.25 bits per heavy atom. The van der Waals surface area contributed by atoms with E-state index in [0.29, 0.717) is 0 Å². The Balaban J connectivity index is 2.12. The van der Waals surface area contributed by atoms with Gasteiger partial charge in [0, 0.05) is 12.6 Å². The van der Waals surface area contributed by atoms with Crippen LogP contribution in [0.3, 0.4) is 0 Å². The highest BCUT2D eigenvalue weighted by Crippen LogP contribution is 2.26. The van der Waals surface area contributed by atoms with Crippen molar-refractivity contribution in [1.29, 1.82) is 0 Å². The highest BCUT2D eigenvalue weighted by Gasteiger charge is 2.42. The van der Waals surface area contributed by atoms with Crippen molar-refractivity contribution < 1.29 is 18.3 Å². The summed E-state index contributed by atoms with van der Waals surface area (Å²) in [5.74, 6) is -1.11. The summed E-state index contributed by atoms with van der Waals surface area (Å²) < 4.78 is 27.0. The lowest BCUT2D eigenvalue weighted by atomic mass is 9.95. The van der Waals surface area contributed by atoms with E-state index in [1.165, 1.54) is 4.31 Å². The first kappa shape index (κ1) is 11.8. The predicted molar refractivity (Wildman–Crippen MR) is 57.1 cm³/mol. The molecule has 1 heterocycles. The molecule has 0 aromatic carbocycles. The second kappa shape index (κ2) is 4.31. The topological polar surface area (TPSA) is 86.7 Å². The Morgan fingerprint density at radius 3 is 2.38 bits per heavy atom. The Labute approximate surface area is 94.8 Å². The second-order valence-electron chi connectivity index (χ2n) is 4.38. The molecule has 1 atom stereocenters. The molecule has 2 N–H and O–H groups in total. The van der Waals surface area contributed by atoms with E-state index in [1.54, 1.807) is 0 Å². The maximum absolute atomic E-state index is 11.7. The van der Waals surface area contributed by atoms with Crippen molar-refractivity contribution in [2.45, 2.75) is 44.2 Å². The molecule has 92 valence electrons. The van der Waals surface area contributed by atoms with Crippen LogP contribution in [-0.2, 0) is 15.0 Å². The van der Waals surface area contributed by atoms with Crippen LogP contribution in [0.15, 0.2) is 0 Å². The molecule has 1 saturated heterocycles. The molecule has 1 aliphatic heterocycles. The van der Waals surface area contributed by atoms with Gasteiger partial charge in [-0.1, -0.05) is 19.3 Å². The third-order valence-electron chi connectivity index (χ3n) is 3.24. The maximum Gasteiger partial charge on any atom is 0.323 e. The smallest absolute Gasteiger partial charge is 0.323 e. The third-order valence-corrected chi connectivity index (χ3v) is 4.89. The van der Waals surface area contributed by atoms with Gasteiger partial charge in [-0.05, 0) is 12.8 Å². The number of carbonyl (C=O) groups is 1. The SMILES string of the molecule is O=C(O)C1CN(C2CCCCC2)S(=O)(=O)N1. The van der Waals surface area contributed by atoms with Gasteiger partial charge in [0.05, 0.1) is 0 Å². The number of hydrogen-bond acceptors (Lipinski definition) is 3. The number of carboxylic acids is 1. The van der Waals surface area contributed by atoms with E-state index in [1.807, 2.05) is 0 Å². The van der Waals surface area contributed by atoms with Crippen molar-refractivity contribution in [2.75, 3.05) is 6.54 Å². The van der Waals surface area contributed by atoms with E-state index in [-0.39, 0.29) is 12.6 Å². The van der Waals surface area contributed by atoms with Crippen molar-refractivity contribution >= 4 is 16.2 Å². The summed E-state index contributed by atoms with van der Waals surface area (Å²) in [5.41, 5.74) is 0. The lowest BCUT2D eigenvalue weighted by Crippen LogP contribution is -2.39. The van der Waals surface area contributed by atoms with Crippen LogP contribution in [0, 0.1) is 0 Å².